The molecule has 0 atom stereocenters. The number of rotatable bonds is 13. The standard InChI is InChI=1S/C46H33N.C41H30.C6H5Br.CH3I.CH4/c1-5-14-34(15-6-1)40-30-41(35-16-7-2-8-17-35)32-44(31-40)47(42-21-11-4-12-22-42)43-28-26-36(27-29-43)39-25-24-38-20-13-23-45(46(38)33-39)37-18-9-3-10-19-37;1-4-11-32(12-5-1)38-26-31(27-39(28-38)33-13-6-2-7-14-33)25-30-19-21-34(22-20-30)37-24-23-36-17-10-18-40(41(36)29-37)35-15-8-3-9-16-35;7-6-4-2-1-3-5-6;1-2;/h1-33H;1-24,26-29H,25H2;1-5H;1H3;1H4. The summed E-state index contributed by atoms with van der Waals surface area (Å²) in [5.41, 5.74) is 25.6. The van der Waals surface area contributed by atoms with Gasteiger partial charge < -0.3 is 4.90 Å². The lowest BCUT2D eigenvalue weighted by Gasteiger charge is -2.27. The average Bonchev–Trinajstić information content (AvgIpc) is 0.831. The molecule has 0 amide bonds. The summed E-state index contributed by atoms with van der Waals surface area (Å²) in [5.74, 6) is 0. The molecule has 3 heteroatoms. The Balaban J connectivity index is 0.000000165. The molecule has 474 valence electrons. The van der Waals surface area contributed by atoms with Gasteiger partial charge in [0.1, 0.15) is 0 Å². The molecule has 98 heavy (non-hydrogen) atoms. The Bertz CT molecular complexity index is 5030. The van der Waals surface area contributed by atoms with Crippen LogP contribution in [-0.4, -0.2) is 4.93 Å². The Kier molecular flexibility index (Phi) is 22.7. The molecule has 0 unspecified atom stereocenters. The van der Waals surface area contributed by atoms with Gasteiger partial charge in [0.25, 0.3) is 0 Å². The normalized spacial score (nSPS) is 10.6. The summed E-state index contributed by atoms with van der Waals surface area (Å²) >= 11 is 5.46. The Morgan fingerprint density at radius 3 is 0.898 bits per heavy atom. The number of halogens is 2. The van der Waals surface area contributed by atoms with Gasteiger partial charge in [-0.25, -0.2) is 0 Å². The summed E-state index contributed by atoms with van der Waals surface area (Å²) in [6.07, 6.45) is 0.886. The van der Waals surface area contributed by atoms with Crippen molar-refractivity contribution in [1.29, 1.82) is 0 Å². The van der Waals surface area contributed by atoms with Gasteiger partial charge in [-0.05, 0) is 206 Å². The number of benzene rings is 16. The zero-order valence-electron chi connectivity index (χ0n) is 54.0. The molecule has 0 aromatic heterocycles. The van der Waals surface area contributed by atoms with Crippen LogP contribution in [0.1, 0.15) is 18.6 Å². The van der Waals surface area contributed by atoms with Gasteiger partial charge in [0.05, 0.1) is 0 Å². The number of fused-ring (bicyclic) bond motifs is 2. The quantitative estimate of drug-likeness (QED) is 0.0821. The second kappa shape index (κ2) is 33.1. The summed E-state index contributed by atoms with van der Waals surface area (Å²) in [5, 5.41) is 5.05. The van der Waals surface area contributed by atoms with Crippen LogP contribution in [0.4, 0.5) is 17.1 Å². The van der Waals surface area contributed by atoms with Crippen LogP contribution >= 0.6 is 38.5 Å². The van der Waals surface area contributed by atoms with Crippen molar-refractivity contribution in [2.45, 2.75) is 13.8 Å². The van der Waals surface area contributed by atoms with Crippen molar-refractivity contribution in [1.82, 2.24) is 0 Å². The third kappa shape index (κ3) is 16.5. The monoisotopic (exact) mass is 1440 g/mol. The van der Waals surface area contributed by atoms with Crippen LogP contribution in [0.25, 0.3) is 111 Å². The largest absolute Gasteiger partial charge is 0.310 e. The lowest BCUT2D eigenvalue weighted by atomic mass is 9.92. The Morgan fingerprint density at radius 1 is 0.224 bits per heavy atom. The molecule has 0 fully saturated rings. The highest BCUT2D eigenvalue weighted by Gasteiger charge is 2.17. The van der Waals surface area contributed by atoms with Crippen molar-refractivity contribution in [2.24, 2.45) is 0 Å². The van der Waals surface area contributed by atoms with Crippen LogP contribution in [0.15, 0.2) is 405 Å². The molecule has 0 aliphatic carbocycles. The van der Waals surface area contributed by atoms with Gasteiger partial charge in [-0.15, -0.1) is 0 Å². The summed E-state index contributed by atoms with van der Waals surface area (Å²) in [4.78, 5) is 4.33. The van der Waals surface area contributed by atoms with Crippen molar-refractivity contribution >= 4 is 77.1 Å². The highest BCUT2D eigenvalue weighted by molar-refractivity contribution is 14.1. The molecule has 1 nitrogen and oxygen atoms in total. The topological polar surface area (TPSA) is 3.24 Å². The van der Waals surface area contributed by atoms with Crippen LogP contribution in [0.2, 0.25) is 0 Å². The predicted molar refractivity (Wildman–Crippen MR) is 436 cm³/mol. The van der Waals surface area contributed by atoms with E-state index in [9.17, 15) is 0 Å². The van der Waals surface area contributed by atoms with Crippen LogP contribution in [0.3, 0.4) is 0 Å². The van der Waals surface area contributed by atoms with Crippen molar-refractivity contribution in [3.05, 3.63) is 416 Å². The third-order valence-corrected chi connectivity index (χ3v) is 18.0. The van der Waals surface area contributed by atoms with E-state index in [1.807, 2.05) is 35.3 Å². The van der Waals surface area contributed by atoms with Gasteiger partial charge in [0.2, 0.25) is 0 Å². The first-order valence-corrected chi connectivity index (χ1v) is 35.8. The number of anilines is 3. The number of alkyl halides is 1. The Hall–Kier alpha value is -11.0. The first kappa shape index (κ1) is 67.0. The fourth-order valence-corrected chi connectivity index (χ4v) is 13.0. The third-order valence-electron chi connectivity index (χ3n) is 17.4. The maximum atomic E-state index is 3.31. The smallest absolute Gasteiger partial charge is 0.0473 e. The Labute approximate surface area is 601 Å². The molecule has 0 saturated heterocycles. The van der Waals surface area contributed by atoms with Gasteiger partial charge in [0, 0.05) is 21.5 Å². The fraction of sp³-hybridized carbons (Fsp3) is 0.0316. The van der Waals surface area contributed by atoms with Crippen LogP contribution in [0.5, 0.6) is 0 Å². The molecule has 16 aromatic carbocycles. The summed E-state index contributed by atoms with van der Waals surface area (Å²) in [6.45, 7) is 0. The molecule has 0 N–H and O–H groups in total. The van der Waals surface area contributed by atoms with E-state index in [0.29, 0.717) is 0 Å². The highest BCUT2D eigenvalue weighted by atomic mass is 127. The van der Waals surface area contributed by atoms with E-state index in [2.05, 4.69) is 413 Å². The summed E-state index contributed by atoms with van der Waals surface area (Å²) in [7, 11) is 0. The van der Waals surface area contributed by atoms with Crippen molar-refractivity contribution in [3.8, 4) is 89.0 Å². The zero-order chi connectivity index (χ0) is 66.0. The van der Waals surface area contributed by atoms with Gasteiger partial charge in [-0.2, -0.15) is 0 Å². The van der Waals surface area contributed by atoms with Crippen LogP contribution in [-0.2, 0) is 6.42 Å². The minimum Gasteiger partial charge on any atom is -0.310 e. The number of nitrogens with zero attached hydrogens (tertiary/aromatic N) is 1. The van der Waals surface area contributed by atoms with E-state index in [-0.39, 0.29) is 7.43 Å². The summed E-state index contributed by atoms with van der Waals surface area (Å²) < 4.78 is 1.13. The molecular formula is C95H75BrIN. The molecule has 0 aliphatic rings. The van der Waals surface area contributed by atoms with E-state index < -0.39 is 0 Å². The zero-order valence-corrected chi connectivity index (χ0v) is 57.8. The lowest BCUT2D eigenvalue weighted by Crippen LogP contribution is -2.10. The maximum absolute atomic E-state index is 3.31. The minimum absolute atomic E-state index is 0. The molecule has 0 saturated carbocycles. The Morgan fingerprint density at radius 2 is 0.531 bits per heavy atom. The van der Waals surface area contributed by atoms with Gasteiger partial charge >= 0.3 is 0 Å². The lowest BCUT2D eigenvalue weighted by molar-refractivity contribution is 1.19. The van der Waals surface area contributed by atoms with Crippen LogP contribution < -0.4 is 4.90 Å². The first-order valence-electron chi connectivity index (χ1n) is 32.8. The molecule has 16 aromatic rings. The molecule has 0 spiro atoms. The molecule has 16 rings (SSSR count). The molecular weight excluding hydrogens is 1360 g/mol. The molecule has 0 radical (unpaired) electrons. The van der Waals surface area contributed by atoms with E-state index in [0.717, 1.165) is 28.0 Å². The maximum Gasteiger partial charge on any atom is 0.0473 e. The second-order valence-electron chi connectivity index (χ2n) is 23.8. The second-order valence-corrected chi connectivity index (χ2v) is 24.7. The number of hydrogen-bond acceptors (Lipinski definition) is 1. The van der Waals surface area contributed by atoms with E-state index in [1.54, 1.807) is 0 Å². The van der Waals surface area contributed by atoms with Crippen molar-refractivity contribution in [2.75, 3.05) is 9.83 Å². The van der Waals surface area contributed by atoms with E-state index >= 15 is 0 Å². The summed E-state index contributed by atoms with van der Waals surface area (Å²) in [6, 6.07) is 143. The van der Waals surface area contributed by atoms with Gasteiger partial charge in [-0.1, -0.05) is 374 Å². The van der Waals surface area contributed by atoms with Gasteiger partial charge in [0.15, 0.2) is 0 Å². The first-order chi connectivity index (χ1) is 48.0. The predicted octanol–water partition coefficient (Wildman–Crippen LogP) is 28.2. The van der Waals surface area contributed by atoms with E-state index in [4.69, 9.17) is 0 Å². The highest BCUT2D eigenvalue weighted by Crippen LogP contribution is 2.42. The molecule has 0 aliphatic heterocycles. The van der Waals surface area contributed by atoms with E-state index in [1.165, 1.54) is 122 Å². The van der Waals surface area contributed by atoms with Gasteiger partial charge in [-0.3, -0.25) is 0 Å². The SMILES string of the molecule is Brc1ccccc1.C.CI.c1ccc(-c2cc(-c3ccccc3)cc(N(c3ccccc3)c3ccc(-c4ccc5cccc(-c6ccccc6)c5c4)cc3)c2)cc1.c1ccc(-c2cc(Cc3ccc(-c4ccc5cccc(-c6ccccc6)c5c4)cc3)cc(-c3ccccc3)c2)cc1. The fourth-order valence-electron chi connectivity index (χ4n) is 12.7. The van der Waals surface area contributed by atoms with Crippen molar-refractivity contribution in [3.63, 3.8) is 0 Å². The number of para-hydroxylation sites is 1. The number of hydrogen-bond donors (Lipinski definition) is 0. The minimum atomic E-state index is 0. The van der Waals surface area contributed by atoms with Crippen LogP contribution in [0, 0.1) is 0 Å². The molecule has 0 heterocycles. The molecule has 0 bridgehead atoms. The van der Waals surface area contributed by atoms with Crippen molar-refractivity contribution < 1.29 is 0 Å². The average molecular weight is 1440 g/mol.